The smallest absolute Gasteiger partial charge is 0.0766 e. The normalized spacial score (nSPS) is 10.8. The van der Waals surface area contributed by atoms with E-state index in [0.29, 0.717) is 0 Å². The number of anilines is 1. The fourth-order valence-electron chi connectivity index (χ4n) is 2.25. The zero-order valence-electron chi connectivity index (χ0n) is 11.6. The van der Waals surface area contributed by atoms with E-state index in [2.05, 4.69) is 40.8 Å². The van der Waals surface area contributed by atoms with Gasteiger partial charge in [-0.3, -0.25) is 4.98 Å². The van der Waals surface area contributed by atoms with Gasteiger partial charge >= 0.3 is 0 Å². The maximum atomic E-state index is 6.22. The summed E-state index contributed by atoms with van der Waals surface area (Å²) < 4.78 is 0. The van der Waals surface area contributed by atoms with E-state index in [9.17, 15) is 0 Å². The van der Waals surface area contributed by atoms with E-state index in [4.69, 9.17) is 11.6 Å². The molecular formula is C17H15ClN2S. The minimum Gasteiger partial charge on any atom is -0.381 e. The molecule has 0 amide bonds. The largest absolute Gasteiger partial charge is 0.381 e. The summed E-state index contributed by atoms with van der Waals surface area (Å²) in [6, 6.07) is 16.3. The molecule has 4 heteroatoms. The number of nitrogens with one attached hydrogen (secondary N) is 1. The summed E-state index contributed by atoms with van der Waals surface area (Å²) in [7, 11) is 0. The van der Waals surface area contributed by atoms with E-state index in [1.807, 2.05) is 24.3 Å². The predicted octanol–water partition coefficient (Wildman–Crippen LogP) is 5.22. The first-order chi connectivity index (χ1) is 10.3. The molecule has 0 aliphatic carbocycles. The van der Waals surface area contributed by atoms with E-state index in [1.165, 1.54) is 4.90 Å². The molecule has 1 N–H and O–H groups in total. The minimum absolute atomic E-state index is 0.725. The number of nitrogens with zero attached hydrogens (tertiary/aromatic N) is 1. The second-order valence-corrected chi connectivity index (χ2v) is 5.97. The average Bonchev–Trinajstić information content (AvgIpc) is 2.55. The fraction of sp³-hybridized carbons (Fsp3) is 0.118. The van der Waals surface area contributed by atoms with Crippen LogP contribution in [0.3, 0.4) is 0 Å². The number of hydrogen-bond donors (Lipinski definition) is 1. The molecule has 0 spiro atoms. The van der Waals surface area contributed by atoms with Crippen molar-refractivity contribution in [2.45, 2.75) is 11.4 Å². The highest BCUT2D eigenvalue weighted by Crippen LogP contribution is 2.25. The van der Waals surface area contributed by atoms with Crippen molar-refractivity contribution < 1.29 is 0 Å². The van der Waals surface area contributed by atoms with Gasteiger partial charge in [0.25, 0.3) is 0 Å². The summed E-state index contributed by atoms with van der Waals surface area (Å²) in [5, 5.41) is 5.17. The van der Waals surface area contributed by atoms with Gasteiger partial charge in [0.2, 0.25) is 0 Å². The maximum absolute atomic E-state index is 6.22. The lowest BCUT2D eigenvalue weighted by Crippen LogP contribution is -2.00. The van der Waals surface area contributed by atoms with Crippen molar-refractivity contribution in [3.05, 3.63) is 65.3 Å². The van der Waals surface area contributed by atoms with Crippen molar-refractivity contribution in [3.63, 3.8) is 0 Å². The summed E-state index contributed by atoms with van der Waals surface area (Å²) in [6.07, 6.45) is 3.88. The van der Waals surface area contributed by atoms with Crippen LogP contribution >= 0.6 is 23.4 Å². The van der Waals surface area contributed by atoms with Crippen LogP contribution in [0.2, 0.25) is 5.02 Å². The molecule has 0 aliphatic rings. The lowest BCUT2D eigenvalue weighted by molar-refractivity contribution is 1.15. The maximum Gasteiger partial charge on any atom is 0.0766 e. The van der Waals surface area contributed by atoms with E-state index < -0.39 is 0 Å². The second-order valence-electron chi connectivity index (χ2n) is 4.69. The van der Waals surface area contributed by atoms with Gasteiger partial charge < -0.3 is 5.32 Å². The molecule has 2 nitrogen and oxygen atoms in total. The van der Waals surface area contributed by atoms with Crippen LogP contribution in [-0.4, -0.2) is 11.2 Å². The molecule has 1 aromatic heterocycles. The number of thioether (sulfide) groups is 1. The van der Waals surface area contributed by atoms with Gasteiger partial charge in [-0.15, -0.1) is 11.8 Å². The number of aromatic nitrogens is 1. The molecular weight excluding hydrogens is 300 g/mol. The molecule has 106 valence electrons. The fourth-order valence-corrected chi connectivity index (χ4v) is 2.87. The van der Waals surface area contributed by atoms with Crippen molar-refractivity contribution in [1.82, 2.24) is 4.98 Å². The Balaban J connectivity index is 1.83. The molecule has 21 heavy (non-hydrogen) atoms. The van der Waals surface area contributed by atoms with Crippen molar-refractivity contribution in [3.8, 4) is 0 Å². The van der Waals surface area contributed by atoms with Gasteiger partial charge in [0.05, 0.1) is 5.52 Å². The third-order valence-electron chi connectivity index (χ3n) is 3.37. The zero-order valence-corrected chi connectivity index (χ0v) is 13.2. The Bertz CT molecular complexity index is 756. The lowest BCUT2D eigenvalue weighted by atomic mass is 10.1. The van der Waals surface area contributed by atoms with Crippen LogP contribution in [0.25, 0.3) is 10.9 Å². The van der Waals surface area contributed by atoms with Gasteiger partial charge in [-0.25, -0.2) is 0 Å². The second kappa shape index (κ2) is 6.37. The first-order valence-electron chi connectivity index (χ1n) is 6.68. The van der Waals surface area contributed by atoms with Crippen molar-refractivity contribution in [2.75, 3.05) is 11.6 Å². The molecule has 3 aromatic rings. The van der Waals surface area contributed by atoms with Crippen LogP contribution in [0.5, 0.6) is 0 Å². The molecule has 0 aliphatic heterocycles. The Kier molecular flexibility index (Phi) is 4.32. The number of benzene rings is 2. The number of fused-ring (bicyclic) bond motifs is 1. The van der Waals surface area contributed by atoms with Crippen LogP contribution in [0.1, 0.15) is 5.56 Å². The molecule has 0 saturated carbocycles. The zero-order chi connectivity index (χ0) is 14.7. The highest BCUT2D eigenvalue weighted by Gasteiger charge is 2.05. The average molecular weight is 315 g/mol. The molecule has 3 rings (SSSR count). The van der Waals surface area contributed by atoms with Crippen LogP contribution in [0.4, 0.5) is 5.69 Å². The van der Waals surface area contributed by atoms with E-state index in [0.717, 1.165) is 33.7 Å². The summed E-state index contributed by atoms with van der Waals surface area (Å²) in [5.41, 5.74) is 3.20. The van der Waals surface area contributed by atoms with E-state index >= 15 is 0 Å². The Morgan fingerprint density at radius 2 is 1.90 bits per heavy atom. The monoisotopic (exact) mass is 314 g/mol. The van der Waals surface area contributed by atoms with E-state index in [1.54, 1.807) is 18.0 Å². The third kappa shape index (κ3) is 3.14. The Morgan fingerprint density at radius 1 is 1.10 bits per heavy atom. The molecule has 0 fully saturated rings. The van der Waals surface area contributed by atoms with E-state index in [-0.39, 0.29) is 0 Å². The summed E-state index contributed by atoms with van der Waals surface area (Å²) in [4.78, 5) is 5.72. The molecule has 0 atom stereocenters. The van der Waals surface area contributed by atoms with Crippen LogP contribution in [-0.2, 0) is 6.54 Å². The number of hydrogen-bond acceptors (Lipinski definition) is 3. The Morgan fingerprint density at radius 3 is 2.67 bits per heavy atom. The van der Waals surface area contributed by atoms with Crippen LogP contribution in [0, 0.1) is 0 Å². The van der Waals surface area contributed by atoms with Crippen LogP contribution in [0.15, 0.2) is 59.6 Å². The van der Waals surface area contributed by atoms with Gasteiger partial charge in [-0.2, -0.15) is 0 Å². The molecule has 2 aromatic carbocycles. The molecule has 0 saturated heterocycles. The number of pyridine rings is 1. The third-order valence-corrected chi connectivity index (χ3v) is 4.45. The summed E-state index contributed by atoms with van der Waals surface area (Å²) in [5.74, 6) is 0. The van der Waals surface area contributed by atoms with Crippen molar-refractivity contribution in [2.24, 2.45) is 0 Å². The summed E-state index contributed by atoms with van der Waals surface area (Å²) in [6.45, 7) is 0.725. The summed E-state index contributed by atoms with van der Waals surface area (Å²) >= 11 is 7.96. The first-order valence-corrected chi connectivity index (χ1v) is 8.28. The minimum atomic E-state index is 0.725. The van der Waals surface area contributed by atoms with Gasteiger partial charge in [0.1, 0.15) is 0 Å². The van der Waals surface area contributed by atoms with Gasteiger partial charge in [-0.1, -0.05) is 17.7 Å². The molecule has 0 bridgehead atoms. The molecule has 0 radical (unpaired) electrons. The van der Waals surface area contributed by atoms with Gasteiger partial charge in [0, 0.05) is 33.7 Å². The number of rotatable bonds is 4. The van der Waals surface area contributed by atoms with Crippen molar-refractivity contribution in [1.29, 1.82) is 0 Å². The quantitative estimate of drug-likeness (QED) is 0.668. The predicted molar refractivity (Wildman–Crippen MR) is 92.3 cm³/mol. The molecule has 0 unspecified atom stereocenters. The van der Waals surface area contributed by atoms with Gasteiger partial charge in [-0.05, 0) is 54.3 Å². The van der Waals surface area contributed by atoms with Crippen LogP contribution < -0.4 is 5.32 Å². The number of halogens is 1. The topological polar surface area (TPSA) is 24.9 Å². The Hall–Kier alpha value is -1.71. The SMILES string of the molecule is CSc1ccc(NCc2ccc(Cl)c3cccnc23)cc1. The first kappa shape index (κ1) is 14.2. The highest BCUT2D eigenvalue weighted by molar-refractivity contribution is 7.98. The molecule has 1 heterocycles. The van der Waals surface area contributed by atoms with Crippen molar-refractivity contribution >= 4 is 40.0 Å². The standard InChI is InChI=1S/C17H15ClN2S/c1-21-14-7-5-13(6-8-14)20-11-12-4-9-16(18)15-3-2-10-19-17(12)15/h2-10,20H,11H2,1H3. The Labute approximate surface area is 133 Å². The highest BCUT2D eigenvalue weighted by atomic mass is 35.5. The van der Waals surface area contributed by atoms with Gasteiger partial charge in [0.15, 0.2) is 0 Å². The lowest BCUT2D eigenvalue weighted by Gasteiger charge is -2.10.